The van der Waals surface area contributed by atoms with Gasteiger partial charge in [0.1, 0.15) is 0 Å². The number of rotatable bonds is 4. The van der Waals surface area contributed by atoms with Crippen molar-refractivity contribution in [1.29, 1.82) is 0 Å². The van der Waals surface area contributed by atoms with E-state index in [0.717, 1.165) is 17.9 Å². The van der Waals surface area contributed by atoms with Crippen LogP contribution in [0.25, 0.3) is 22.4 Å². The Bertz CT molecular complexity index is 1530. The van der Waals surface area contributed by atoms with Gasteiger partial charge in [-0.1, -0.05) is 45.9 Å². The Kier molecular flexibility index (Phi) is 6.03. The van der Waals surface area contributed by atoms with Crippen LogP contribution >= 0.6 is 11.8 Å². The van der Waals surface area contributed by atoms with Gasteiger partial charge in [-0.15, -0.1) is 11.8 Å². The van der Waals surface area contributed by atoms with Crippen LogP contribution < -0.4 is 0 Å². The molecule has 2 aliphatic rings. The molecule has 1 aliphatic heterocycles. The fourth-order valence-corrected chi connectivity index (χ4v) is 7.18. The predicted octanol–water partition coefficient (Wildman–Crippen LogP) is 8.01. The summed E-state index contributed by atoms with van der Waals surface area (Å²) in [6.07, 6.45) is 8.47. The molecule has 0 unspecified atom stereocenters. The monoisotopic (exact) mass is 522 g/mol. The van der Waals surface area contributed by atoms with Gasteiger partial charge in [-0.05, 0) is 81.8 Å². The Hall–Kier alpha value is -3.31. The lowest BCUT2D eigenvalue weighted by Gasteiger charge is -2.42. The number of ether oxygens (including phenoxy) is 1. The second-order valence-electron chi connectivity index (χ2n) is 11.9. The quantitative estimate of drug-likeness (QED) is 0.255. The SMILES string of the molecule is COC(=O)c1ccc(-c2cn(Cc3cccnc3)c3c2CSc2cc4c(cc2-3)C(C)(C)CCC4(C)C)cc1. The van der Waals surface area contributed by atoms with Crippen molar-refractivity contribution >= 4 is 17.7 Å². The molecule has 2 aromatic heterocycles. The molecule has 4 nitrogen and oxygen atoms in total. The molecule has 2 aromatic carbocycles. The summed E-state index contributed by atoms with van der Waals surface area (Å²) in [4.78, 5) is 17.8. The summed E-state index contributed by atoms with van der Waals surface area (Å²) in [6.45, 7) is 10.3. The number of thioether (sulfide) groups is 1. The number of fused-ring (bicyclic) bond motifs is 4. The van der Waals surface area contributed by atoms with Crippen molar-refractivity contribution in [2.45, 2.75) is 68.6 Å². The summed E-state index contributed by atoms with van der Waals surface area (Å²) in [5.74, 6) is 0.603. The van der Waals surface area contributed by atoms with E-state index in [1.54, 1.807) is 0 Å². The van der Waals surface area contributed by atoms with E-state index in [4.69, 9.17) is 4.74 Å². The predicted molar refractivity (Wildman–Crippen MR) is 155 cm³/mol. The van der Waals surface area contributed by atoms with Gasteiger partial charge in [0.05, 0.1) is 18.4 Å². The van der Waals surface area contributed by atoms with Gasteiger partial charge in [0.25, 0.3) is 0 Å². The largest absolute Gasteiger partial charge is 0.465 e. The zero-order valence-electron chi connectivity index (χ0n) is 22.8. The van der Waals surface area contributed by atoms with Gasteiger partial charge in [0.15, 0.2) is 0 Å². The molecule has 0 N–H and O–H groups in total. The van der Waals surface area contributed by atoms with Crippen LogP contribution in [-0.4, -0.2) is 22.6 Å². The van der Waals surface area contributed by atoms with Crippen molar-refractivity contribution in [2.24, 2.45) is 0 Å². The number of hydrogen-bond donors (Lipinski definition) is 0. The molecule has 0 fully saturated rings. The van der Waals surface area contributed by atoms with Crippen molar-refractivity contribution in [3.8, 4) is 22.4 Å². The smallest absolute Gasteiger partial charge is 0.337 e. The fraction of sp³-hybridized carbons (Fsp3) is 0.333. The highest BCUT2D eigenvalue weighted by Crippen LogP contribution is 2.53. The lowest BCUT2D eigenvalue weighted by atomic mass is 9.63. The second-order valence-corrected chi connectivity index (χ2v) is 12.9. The molecule has 194 valence electrons. The summed E-state index contributed by atoms with van der Waals surface area (Å²) >= 11 is 1.95. The summed E-state index contributed by atoms with van der Waals surface area (Å²) in [5, 5.41) is 0. The minimum Gasteiger partial charge on any atom is -0.465 e. The minimum absolute atomic E-state index is 0.148. The molecular weight excluding hydrogens is 488 g/mol. The molecular formula is C33H34N2O2S. The maximum Gasteiger partial charge on any atom is 0.337 e. The fourth-order valence-electron chi connectivity index (χ4n) is 6.08. The molecule has 4 aromatic rings. The Morgan fingerprint density at radius 1 is 1.00 bits per heavy atom. The third-order valence-corrected chi connectivity index (χ3v) is 9.54. The molecule has 0 atom stereocenters. The standard InChI is InChI=1S/C33H34N2O2S/c1-32(2)12-13-33(3,4)28-16-29-24(15-27(28)32)30-26(20-38-29)25(19-35(30)18-21-7-6-14-34-17-21)22-8-10-23(11-9-22)31(36)37-5/h6-11,14-17,19H,12-13,18,20H2,1-5H3. The second kappa shape index (κ2) is 9.16. The molecule has 0 spiro atoms. The van der Waals surface area contributed by atoms with Crippen molar-refractivity contribution in [3.05, 3.63) is 94.9 Å². The Labute approximate surface area is 229 Å². The van der Waals surface area contributed by atoms with Crippen molar-refractivity contribution < 1.29 is 9.53 Å². The maximum absolute atomic E-state index is 12.0. The summed E-state index contributed by atoms with van der Waals surface area (Å²) < 4.78 is 7.31. The third-order valence-electron chi connectivity index (χ3n) is 8.46. The van der Waals surface area contributed by atoms with Gasteiger partial charge in [0, 0.05) is 46.9 Å². The van der Waals surface area contributed by atoms with Gasteiger partial charge < -0.3 is 9.30 Å². The van der Waals surface area contributed by atoms with Crippen LogP contribution in [0.4, 0.5) is 0 Å². The number of hydrogen-bond acceptors (Lipinski definition) is 4. The number of carbonyl (C=O) groups excluding carboxylic acids is 1. The first-order valence-corrected chi connectivity index (χ1v) is 14.3. The maximum atomic E-state index is 12.0. The van der Waals surface area contributed by atoms with Gasteiger partial charge in [-0.2, -0.15) is 0 Å². The normalized spacial score (nSPS) is 16.8. The van der Waals surface area contributed by atoms with Crippen molar-refractivity contribution in [3.63, 3.8) is 0 Å². The van der Waals surface area contributed by atoms with Gasteiger partial charge in [0.2, 0.25) is 0 Å². The van der Waals surface area contributed by atoms with Crippen molar-refractivity contribution in [1.82, 2.24) is 9.55 Å². The molecule has 0 saturated heterocycles. The number of benzene rings is 2. The van der Waals surface area contributed by atoms with Crippen LogP contribution in [0, 0.1) is 0 Å². The first-order valence-electron chi connectivity index (χ1n) is 13.3. The molecule has 0 bridgehead atoms. The zero-order chi connectivity index (χ0) is 26.7. The lowest BCUT2D eigenvalue weighted by Crippen LogP contribution is -2.34. The van der Waals surface area contributed by atoms with E-state index in [-0.39, 0.29) is 16.8 Å². The van der Waals surface area contributed by atoms with E-state index < -0.39 is 0 Å². The average molecular weight is 523 g/mol. The molecule has 3 heterocycles. The summed E-state index contributed by atoms with van der Waals surface area (Å²) in [6, 6.07) is 16.9. The first kappa shape index (κ1) is 25.0. The molecule has 1 aliphatic carbocycles. The lowest BCUT2D eigenvalue weighted by molar-refractivity contribution is 0.0600. The number of carbonyl (C=O) groups is 1. The molecule has 0 amide bonds. The highest BCUT2D eigenvalue weighted by molar-refractivity contribution is 7.98. The Morgan fingerprint density at radius 3 is 2.37 bits per heavy atom. The topological polar surface area (TPSA) is 44.1 Å². The highest BCUT2D eigenvalue weighted by Gasteiger charge is 2.39. The van der Waals surface area contributed by atoms with Crippen LogP contribution in [-0.2, 0) is 27.9 Å². The van der Waals surface area contributed by atoms with E-state index in [0.29, 0.717) is 5.56 Å². The van der Waals surface area contributed by atoms with E-state index in [9.17, 15) is 4.79 Å². The number of esters is 1. The molecule has 5 heteroatoms. The summed E-state index contributed by atoms with van der Waals surface area (Å²) in [7, 11) is 1.42. The van der Waals surface area contributed by atoms with Crippen LogP contribution in [0.3, 0.4) is 0 Å². The van der Waals surface area contributed by atoms with Crippen molar-refractivity contribution in [2.75, 3.05) is 7.11 Å². The highest BCUT2D eigenvalue weighted by atomic mass is 32.2. The number of pyridine rings is 1. The number of aromatic nitrogens is 2. The summed E-state index contributed by atoms with van der Waals surface area (Å²) in [5.41, 5.74) is 11.4. The van der Waals surface area contributed by atoms with Gasteiger partial charge in [-0.3, -0.25) is 4.98 Å². The van der Waals surface area contributed by atoms with E-state index in [1.165, 1.54) is 63.9 Å². The first-order chi connectivity index (χ1) is 18.2. The van der Waals surface area contributed by atoms with E-state index in [1.807, 2.05) is 54.5 Å². The number of methoxy groups -OCH3 is 1. The Morgan fingerprint density at radius 2 is 1.71 bits per heavy atom. The Balaban J connectivity index is 1.54. The molecule has 0 saturated carbocycles. The minimum atomic E-state index is -0.312. The van der Waals surface area contributed by atoms with E-state index in [2.05, 4.69) is 61.6 Å². The molecule has 0 radical (unpaired) electrons. The van der Waals surface area contributed by atoms with Gasteiger partial charge >= 0.3 is 5.97 Å². The van der Waals surface area contributed by atoms with Crippen LogP contribution in [0.1, 0.15) is 73.1 Å². The molecule has 6 rings (SSSR count). The van der Waals surface area contributed by atoms with Crippen LogP contribution in [0.5, 0.6) is 0 Å². The average Bonchev–Trinajstić information content (AvgIpc) is 3.29. The molecule has 38 heavy (non-hydrogen) atoms. The van der Waals surface area contributed by atoms with Gasteiger partial charge in [-0.25, -0.2) is 4.79 Å². The van der Waals surface area contributed by atoms with Crippen LogP contribution in [0.15, 0.2) is 72.0 Å². The van der Waals surface area contributed by atoms with E-state index >= 15 is 0 Å². The zero-order valence-corrected chi connectivity index (χ0v) is 23.6. The number of nitrogens with zero attached hydrogens (tertiary/aromatic N) is 2. The third kappa shape index (κ3) is 4.17. The van der Waals surface area contributed by atoms with Crippen LogP contribution in [0.2, 0.25) is 0 Å².